The van der Waals surface area contributed by atoms with Crippen molar-refractivity contribution in [3.05, 3.63) is 76.2 Å². The molecule has 0 spiro atoms. The third-order valence-corrected chi connectivity index (χ3v) is 6.75. The second-order valence-electron chi connectivity index (χ2n) is 8.27. The number of halogens is 2. The molecule has 2 fully saturated rings. The minimum atomic E-state index is -0.465. The molecule has 2 aliphatic heterocycles. The van der Waals surface area contributed by atoms with E-state index in [1.165, 1.54) is 54.6 Å². The molecule has 0 aromatic heterocycles. The van der Waals surface area contributed by atoms with E-state index in [1.807, 2.05) is 0 Å². The summed E-state index contributed by atoms with van der Waals surface area (Å²) in [6.45, 7) is 0.854. The van der Waals surface area contributed by atoms with Gasteiger partial charge in [0.15, 0.2) is 0 Å². The summed E-state index contributed by atoms with van der Waals surface area (Å²) in [4.78, 5) is 53.1. The van der Waals surface area contributed by atoms with Gasteiger partial charge in [-0.25, -0.2) is 8.78 Å². The van der Waals surface area contributed by atoms with E-state index in [0.29, 0.717) is 30.5 Å². The third-order valence-electron chi connectivity index (χ3n) is 5.85. The van der Waals surface area contributed by atoms with Crippen molar-refractivity contribution < 1.29 is 28.0 Å². The number of carbonyl (C=O) groups excluding carboxylic acids is 4. The van der Waals surface area contributed by atoms with E-state index in [4.69, 9.17) is 0 Å². The maximum atomic E-state index is 13.1. The second kappa shape index (κ2) is 10.8. The quantitative estimate of drug-likeness (QED) is 0.613. The fraction of sp³-hybridized carbons (Fsp3) is 0.280. The highest BCUT2D eigenvalue weighted by molar-refractivity contribution is 8.18. The largest absolute Gasteiger partial charge is 0.354 e. The molecule has 182 valence electrons. The summed E-state index contributed by atoms with van der Waals surface area (Å²) in [5.41, 5.74) is 0.961. The number of imide groups is 1. The molecule has 1 atom stereocenters. The predicted molar refractivity (Wildman–Crippen MR) is 127 cm³/mol. The van der Waals surface area contributed by atoms with Gasteiger partial charge in [0.1, 0.15) is 11.6 Å². The zero-order valence-electron chi connectivity index (χ0n) is 18.7. The van der Waals surface area contributed by atoms with Crippen LogP contribution >= 0.6 is 11.8 Å². The molecule has 0 bridgehead atoms. The molecule has 4 rings (SSSR count). The SMILES string of the molecule is O=C(NCCN1C(=O)S/C(=C\c2ccc(F)cc2)C1=O)C1CCCN(C(=O)c2ccc(F)cc2)C1. The van der Waals surface area contributed by atoms with Gasteiger partial charge in [0.25, 0.3) is 17.1 Å². The van der Waals surface area contributed by atoms with Crippen molar-refractivity contribution in [1.82, 2.24) is 15.1 Å². The predicted octanol–water partition coefficient (Wildman–Crippen LogP) is 3.67. The fourth-order valence-corrected chi connectivity index (χ4v) is 4.85. The number of hydrogen-bond donors (Lipinski definition) is 1. The number of amides is 4. The Bertz CT molecular complexity index is 1170. The lowest BCUT2D eigenvalue weighted by molar-refractivity contribution is -0.127. The monoisotopic (exact) mass is 499 g/mol. The first kappa shape index (κ1) is 24.6. The third kappa shape index (κ3) is 5.94. The van der Waals surface area contributed by atoms with E-state index >= 15 is 0 Å². The molecule has 7 nitrogen and oxygen atoms in total. The van der Waals surface area contributed by atoms with Crippen molar-refractivity contribution in [3.8, 4) is 0 Å². The van der Waals surface area contributed by atoms with E-state index in [0.717, 1.165) is 16.7 Å². The summed E-state index contributed by atoms with van der Waals surface area (Å²) in [6, 6.07) is 10.8. The summed E-state index contributed by atoms with van der Waals surface area (Å²) < 4.78 is 26.2. The Morgan fingerprint density at radius 1 is 1.03 bits per heavy atom. The summed E-state index contributed by atoms with van der Waals surface area (Å²) in [5, 5.41) is 2.32. The normalized spacial score (nSPS) is 19.4. The van der Waals surface area contributed by atoms with Crippen LogP contribution < -0.4 is 5.32 Å². The molecule has 0 saturated carbocycles. The average Bonchev–Trinajstić information content (AvgIpc) is 3.12. The van der Waals surface area contributed by atoms with Crippen LogP contribution in [0.2, 0.25) is 0 Å². The highest BCUT2D eigenvalue weighted by Gasteiger charge is 2.35. The van der Waals surface area contributed by atoms with Crippen molar-refractivity contribution >= 4 is 40.8 Å². The lowest BCUT2D eigenvalue weighted by Crippen LogP contribution is -2.46. The number of carbonyl (C=O) groups is 4. The molecule has 0 radical (unpaired) electrons. The maximum absolute atomic E-state index is 13.1. The first-order valence-corrected chi connectivity index (χ1v) is 12.0. The van der Waals surface area contributed by atoms with Gasteiger partial charge in [0.05, 0.1) is 10.8 Å². The van der Waals surface area contributed by atoms with Gasteiger partial charge in [-0.05, 0) is 72.6 Å². The molecule has 10 heteroatoms. The van der Waals surface area contributed by atoms with Crippen molar-refractivity contribution in [2.75, 3.05) is 26.2 Å². The molecule has 2 saturated heterocycles. The smallest absolute Gasteiger partial charge is 0.293 e. The van der Waals surface area contributed by atoms with Gasteiger partial charge in [0, 0.05) is 31.7 Å². The number of nitrogens with zero attached hydrogens (tertiary/aromatic N) is 2. The van der Waals surface area contributed by atoms with Crippen LogP contribution in [0.15, 0.2) is 53.4 Å². The fourth-order valence-electron chi connectivity index (χ4n) is 3.99. The van der Waals surface area contributed by atoms with Crippen LogP contribution in [0, 0.1) is 17.6 Å². The zero-order chi connectivity index (χ0) is 24.9. The molecule has 1 unspecified atom stereocenters. The van der Waals surface area contributed by atoms with Crippen molar-refractivity contribution in [2.24, 2.45) is 5.92 Å². The zero-order valence-corrected chi connectivity index (χ0v) is 19.5. The molecule has 1 N–H and O–H groups in total. The summed E-state index contributed by atoms with van der Waals surface area (Å²) in [7, 11) is 0. The number of benzene rings is 2. The van der Waals surface area contributed by atoms with Gasteiger partial charge < -0.3 is 10.2 Å². The number of likely N-dealkylation sites (tertiary alicyclic amines) is 1. The van der Waals surface area contributed by atoms with Crippen molar-refractivity contribution in [2.45, 2.75) is 12.8 Å². The Balaban J connectivity index is 1.28. The first-order chi connectivity index (χ1) is 16.8. The summed E-state index contributed by atoms with van der Waals surface area (Å²) in [5.74, 6) is -2.21. The molecule has 4 amide bonds. The number of nitrogens with one attached hydrogen (secondary N) is 1. The van der Waals surface area contributed by atoms with E-state index in [9.17, 15) is 28.0 Å². The second-order valence-corrected chi connectivity index (χ2v) is 9.27. The Morgan fingerprint density at radius 3 is 2.37 bits per heavy atom. The van der Waals surface area contributed by atoms with Crippen LogP contribution in [-0.2, 0) is 9.59 Å². The topological polar surface area (TPSA) is 86.8 Å². The Kier molecular flexibility index (Phi) is 7.60. The minimum absolute atomic E-state index is 0.0160. The molecule has 0 aliphatic carbocycles. The van der Waals surface area contributed by atoms with E-state index in [-0.39, 0.29) is 36.4 Å². The van der Waals surface area contributed by atoms with Crippen LogP contribution in [-0.4, -0.2) is 58.9 Å². The number of hydrogen-bond acceptors (Lipinski definition) is 5. The van der Waals surface area contributed by atoms with Crippen molar-refractivity contribution in [3.63, 3.8) is 0 Å². The minimum Gasteiger partial charge on any atom is -0.354 e. The van der Waals surface area contributed by atoms with Gasteiger partial charge >= 0.3 is 0 Å². The molecule has 2 heterocycles. The van der Waals surface area contributed by atoms with E-state index < -0.39 is 28.7 Å². The van der Waals surface area contributed by atoms with Crippen molar-refractivity contribution in [1.29, 1.82) is 0 Å². The van der Waals surface area contributed by atoms with Gasteiger partial charge in [-0.1, -0.05) is 12.1 Å². The summed E-state index contributed by atoms with van der Waals surface area (Å²) in [6.07, 6.45) is 2.79. The summed E-state index contributed by atoms with van der Waals surface area (Å²) >= 11 is 0.794. The molecule has 2 aromatic rings. The maximum Gasteiger partial charge on any atom is 0.293 e. The van der Waals surface area contributed by atoms with Crippen LogP contribution in [0.3, 0.4) is 0 Å². The van der Waals surface area contributed by atoms with Gasteiger partial charge in [-0.2, -0.15) is 0 Å². The van der Waals surface area contributed by atoms with Crippen LogP contribution in [0.5, 0.6) is 0 Å². The average molecular weight is 500 g/mol. The van der Waals surface area contributed by atoms with Gasteiger partial charge in [-0.15, -0.1) is 0 Å². The Hall–Kier alpha value is -3.53. The van der Waals surface area contributed by atoms with Crippen LogP contribution in [0.25, 0.3) is 6.08 Å². The first-order valence-electron chi connectivity index (χ1n) is 11.2. The molecule has 2 aromatic carbocycles. The number of piperidine rings is 1. The Labute approximate surface area is 205 Å². The number of rotatable bonds is 6. The van der Waals surface area contributed by atoms with E-state index in [1.54, 1.807) is 4.90 Å². The standard InChI is InChI=1S/C25H23F2N3O4S/c26-19-7-3-16(4-8-19)14-21-24(33)30(25(34)35-21)13-11-28-22(31)18-2-1-12-29(15-18)23(32)17-5-9-20(27)10-6-17/h3-10,14,18H,1-2,11-13,15H2,(H,28,31)/b21-14-. The highest BCUT2D eigenvalue weighted by Crippen LogP contribution is 2.32. The highest BCUT2D eigenvalue weighted by atomic mass is 32.2. The van der Waals surface area contributed by atoms with E-state index in [2.05, 4.69) is 5.32 Å². The number of thioether (sulfide) groups is 1. The van der Waals surface area contributed by atoms with Gasteiger partial charge in [-0.3, -0.25) is 24.1 Å². The van der Waals surface area contributed by atoms with Crippen LogP contribution in [0.4, 0.5) is 13.6 Å². The molecular formula is C25H23F2N3O4S. The van der Waals surface area contributed by atoms with Crippen LogP contribution in [0.1, 0.15) is 28.8 Å². The molecule has 35 heavy (non-hydrogen) atoms. The molecular weight excluding hydrogens is 476 g/mol. The Morgan fingerprint density at radius 2 is 1.69 bits per heavy atom. The van der Waals surface area contributed by atoms with Gasteiger partial charge in [0.2, 0.25) is 5.91 Å². The molecule has 2 aliphatic rings. The lowest BCUT2D eigenvalue weighted by atomic mass is 9.96. The lowest BCUT2D eigenvalue weighted by Gasteiger charge is -2.32.